The Balaban J connectivity index is 1.94. The van der Waals surface area contributed by atoms with Gasteiger partial charge in [-0.2, -0.15) is 5.10 Å². The van der Waals surface area contributed by atoms with E-state index in [1.807, 2.05) is 17.4 Å². The lowest BCUT2D eigenvalue weighted by molar-refractivity contribution is 0.311. The minimum absolute atomic E-state index is 0.132. The highest BCUT2D eigenvalue weighted by Gasteiger charge is 2.45. The lowest BCUT2D eigenvalue weighted by Crippen LogP contribution is -2.38. The molecule has 0 radical (unpaired) electrons. The van der Waals surface area contributed by atoms with Gasteiger partial charge >= 0.3 is 0 Å². The normalized spacial score (nSPS) is 22.6. The number of hydrazine groups is 1. The van der Waals surface area contributed by atoms with Crippen LogP contribution in [0.1, 0.15) is 18.4 Å². The van der Waals surface area contributed by atoms with E-state index >= 15 is 0 Å². The highest BCUT2D eigenvalue weighted by molar-refractivity contribution is 5.74. The number of nitrogens with two attached hydrogens (primary N) is 1. The molecule has 1 aromatic heterocycles. The molecule has 0 amide bonds. The van der Waals surface area contributed by atoms with Gasteiger partial charge < -0.3 is 5.01 Å². The summed E-state index contributed by atoms with van der Waals surface area (Å²) in [5.41, 5.74) is 2.32. The van der Waals surface area contributed by atoms with E-state index in [1.54, 1.807) is 6.20 Å². The minimum Gasteiger partial charge on any atom is -0.308 e. The Morgan fingerprint density at radius 3 is 2.93 bits per heavy atom. The predicted molar refractivity (Wildman–Crippen MR) is 53.7 cm³/mol. The molecule has 4 heteroatoms. The van der Waals surface area contributed by atoms with E-state index in [0.29, 0.717) is 0 Å². The van der Waals surface area contributed by atoms with E-state index in [0.717, 1.165) is 24.0 Å². The molecule has 3 rings (SSSR count). The molecule has 1 fully saturated rings. The lowest BCUT2D eigenvalue weighted by atomic mass is 10.0. The summed E-state index contributed by atoms with van der Waals surface area (Å²) >= 11 is 0. The third-order valence-electron chi connectivity index (χ3n) is 2.96. The Bertz CT molecular complexity index is 398. The zero-order valence-corrected chi connectivity index (χ0v) is 7.77. The maximum Gasteiger partial charge on any atom is 0.0739 e. The van der Waals surface area contributed by atoms with Crippen molar-refractivity contribution >= 4 is 5.57 Å². The predicted octanol–water partition coefficient (Wildman–Crippen LogP) is 1.03. The molecule has 1 saturated carbocycles. The van der Waals surface area contributed by atoms with Crippen LogP contribution in [0.4, 0.5) is 0 Å². The van der Waals surface area contributed by atoms with Gasteiger partial charge in [0, 0.05) is 23.5 Å². The maximum absolute atomic E-state index is 5.95. The molecule has 1 aliphatic carbocycles. The topological polar surface area (TPSA) is 57.9 Å². The highest BCUT2D eigenvalue weighted by atomic mass is 15.4. The van der Waals surface area contributed by atoms with Crippen molar-refractivity contribution in [2.45, 2.75) is 18.4 Å². The highest BCUT2D eigenvalue weighted by Crippen LogP contribution is 2.44. The van der Waals surface area contributed by atoms with Crippen LogP contribution in [0.15, 0.2) is 30.7 Å². The minimum atomic E-state index is 0.132. The second kappa shape index (κ2) is 2.48. The van der Waals surface area contributed by atoms with Crippen LogP contribution in [-0.4, -0.2) is 20.7 Å². The third kappa shape index (κ3) is 1.01. The van der Waals surface area contributed by atoms with Gasteiger partial charge in [0.05, 0.1) is 11.7 Å². The standard InChI is InChI=1S/C10H12N4/c11-14-7-8(9-5-12-13-6-9)1-2-10(14)3-4-10/h1-2,5-7H,3-4,11H2,(H,12,13). The van der Waals surface area contributed by atoms with E-state index in [1.165, 1.54) is 0 Å². The van der Waals surface area contributed by atoms with Crippen molar-refractivity contribution < 1.29 is 0 Å². The summed E-state index contributed by atoms with van der Waals surface area (Å²) in [6.07, 6.45) is 12.3. The number of allylic oxidation sites excluding steroid dienone is 2. The van der Waals surface area contributed by atoms with Gasteiger partial charge in [-0.1, -0.05) is 12.2 Å². The molecular formula is C10H12N4. The van der Waals surface area contributed by atoms with Gasteiger partial charge in [0.15, 0.2) is 0 Å². The first-order chi connectivity index (χ1) is 6.80. The molecule has 1 aromatic rings. The van der Waals surface area contributed by atoms with Crippen LogP contribution in [0.2, 0.25) is 0 Å². The largest absolute Gasteiger partial charge is 0.308 e. The monoisotopic (exact) mass is 188 g/mol. The average molecular weight is 188 g/mol. The first-order valence-corrected chi connectivity index (χ1v) is 4.74. The fourth-order valence-electron chi connectivity index (χ4n) is 1.78. The summed E-state index contributed by atoms with van der Waals surface area (Å²) in [6, 6.07) is 0. The fraction of sp³-hybridized carbons (Fsp3) is 0.300. The zero-order chi connectivity index (χ0) is 9.60. The molecule has 0 unspecified atom stereocenters. The second-order valence-electron chi connectivity index (χ2n) is 3.92. The van der Waals surface area contributed by atoms with Crippen LogP contribution in [0, 0.1) is 0 Å². The Hall–Kier alpha value is -1.55. The van der Waals surface area contributed by atoms with E-state index in [2.05, 4.69) is 22.3 Å². The summed E-state index contributed by atoms with van der Waals surface area (Å²) in [6.45, 7) is 0. The van der Waals surface area contributed by atoms with Gasteiger partial charge in [-0.25, -0.2) is 5.84 Å². The van der Waals surface area contributed by atoms with Crippen molar-refractivity contribution in [2.24, 2.45) is 5.84 Å². The zero-order valence-electron chi connectivity index (χ0n) is 7.77. The summed E-state index contributed by atoms with van der Waals surface area (Å²) < 4.78 is 0. The van der Waals surface area contributed by atoms with Gasteiger partial charge in [-0.05, 0) is 12.8 Å². The number of nitrogens with one attached hydrogen (secondary N) is 1. The molecule has 0 saturated heterocycles. The second-order valence-corrected chi connectivity index (χ2v) is 3.92. The third-order valence-corrected chi connectivity index (χ3v) is 2.96. The van der Waals surface area contributed by atoms with Crippen LogP contribution in [-0.2, 0) is 0 Å². The van der Waals surface area contributed by atoms with Crippen LogP contribution >= 0.6 is 0 Å². The molecule has 1 spiro atoms. The van der Waals surface area contributed by atoms with Crippen molar-refractivity contribution in [3.63, 3.8) is 0 Å². The molecular weight excluding hydrogens is 176 g/mol. The fourth-order valence-corrected chi connectivity index (χ4v) is 1.78. The van der Waals surface area contributed by atoms with Gasteiger partial charge in [-0.3, -0.25) is 5.10 Å². The molecule has 2 heterocycles. The van der Waals surface area contributed by atoms with Crippen LogP contribution in [0.5, 0.6) is 0 Å². The van der Waals surface area contributed by atoms with Crippen molar-refractivity contribution in [3.8, 4) is 0 Å². The molecule has 72 valence electrons. The van der Waals surface area contributed by atoms with E-state index < -0.39 is 0 Å². The number of H-pyrrole nitrogens is 1. The number of hydrogen-bond donors (Lipinski definition) is 2. The Labute approximate surface area is 82.1 Å². The number of aromatic amines is 1. The van der Waals surface area contributed by atoms with Crippen molar-refractivity contribution in [3.05, 3.63) is 36.3 Å². The van der Waals surface area contributed by atoms with Crippen LogP contribution in [0.25, 0.3) is 5.57 Å². The lowest BCUT2D eigenvalue weighted by Gasteiger charge is -2.27. The summed E-state index contributed by atoms with van der Waals surface area (Å²) in [5, 5.41) is 8.52. The van der Waals surface area contributed by atoms with Gasteiger partial charge in [0.25, 0.3) is 0 Å². The number of nitrogens with zero attached hydrogens (tertiary/aromatic N) is 2. The molecule has 14 heavy (non-hydrogen) atoms. The molecule has 0 aromatic carbocycles. The van der Waals surface area contributed by atoms with Crippen molar-refractivity contribution in [1.82, 2.24) is 15.2 Å². The Morgan fingerprint density at radius 1 is 1.50 bits per heavy atom. The van der Waals surface area contributed by atoms with E-state index in [-0.39, 0.29) is 5.54 Å². The molecule has 1 aliphatic heterocycles. The van der Waals surface area contributed by atoms with Crippen molar-refractivity contribution in [1.29, 1.82) is 0 Å². The Morgan fingerprint density at radius 2 is 2.36 bits per heavy atom. The summed E-state index contributed by atoms with van der Waals surface area (Å²) in [5.74, 6) is 5.95. The Kier molecular flexibility index (Phi) is 1.39. The number of aromatic nitrogens is 2. The first-order valence-electron chi connectivity index (χ1n) is 4.74. The van der Waals surface area contributed by atoms with E-state index in [4.69, 9.17) is 5.84 Å². The maximum atomic E-state index is 5.95. The molecule has 0 atom stereocenters. The SMILES string of the molecule is NN1C=C(c2cn[nH]c2)C=CC12CC2. The van der Waals surface area contributed by atoms with E-state index in [9.17, 15) is 0 Å². The van der Waals surface area contributed by atoms with Gasteiger partial charge in [-0.15, -0.1) is 0 Å². The van der Waals surface area contributed by atoms with Gasteiger partial charge in [0.2, 0.25) is 0 Å². The first kappa shape index (κ1) is 7.82. The quantitative estimate of drug-likeness (QED) is 0.647. The summed E-state index contributed by atoms with van der Waals surface area (Å²) in [4.78, 5) is 0. The number of rotatable bonds is 1. The molecule has 3 N–H and O–H groups in total. The molecule has 0 bridgehead atoms. The van der Waals surface area contributed by atoms with Crippen molar-refractivity contribution in [2.75, 3.05) is 0 Å². The van der Waals surface area contributed by atoms with Crippen LogP contribution in [0.3, 0.4) is 0 Å². The van der Waals surface area contributed by atoms with Crippen LogP contribution < -0.4 is 5.84 Å². The molecule has 2 aliphatic rings. The summed E-state index contributed by atoms with van der Waals surface area (Å²) in [7, 11) is 0. The molecule has 4 nitrogen and oxygen atoms in total. The average Bonchev–Trinajstić information content (AvgIpc) is 2.77. The smallest absolute Gasteiger partial charge is 0.0739 e. The number of hydrogen-bond acceptors (Lipinski definition) is 3. The van der Waals surface area contributed by atoms with Gasteiger partial charge in [0.1, 0.15) is 0 Å².